The van der Waals surface area contributed by atoms with Crippen LogP contribution in [-0.4, -0.2) is 27.6 Å². The Hall–Kier alpha value is -3.52. The highest BCUT2D eigenvalue weighted by atomic mass is 35.5. The Morgan fingerprint density at radius 3 is 2.40 bits per heavy atom. The highest BCUT2D eigenvalue weighted by Gasteiger charge is 2.37. The maximum Gasteiger partial charge on any atom is 0.331 e. The number of anilines is 1. The molecule has 0 aromatic heterocycles. The number of carboxylic acid groups (broad SMARTS) is 1. The van der Waals surface area contributed by atoms with Crippen molar-refractivity contribution < 1.29 is 19.6 Å². The summed E-state index contributed by atoms with van der Waals surface area (Å²) in [7, 11) is 0. The van der Waals surface area contributed by atoms with Gasteiger partial charge in [-0.25, -0.2) is 9.80 Å². The van der Waals surface area contributed by atoms with E-state index in [2.05, 4.69) is 5.10 Å². The first-order chi connectivity index (χ1) is 14.3. The van der Waals surface area contributed by atoms with Crippen LogP contribution in [0.15, 0.2) is 59.2 Å². The number of hydrogen-bond acceptors (Lipinski definition) is 5. The Kier molecular flexibility index (Phi) is 6.27. The van der Waals surface area contributed by atoms with Gasteiger partial charge in [0.25, 0.3) is 11.6 Å². The highest BCUT2D eigenvalue weighted by Crippen LogP contribution is 2.30. The number of nitro benzene ring substituents is 1. The number of nitro groups is 1. The number of hydrazone groups is 1. The first-order valence-corrected chi connectivity index (χ1v) is 9.53. The molecule has 1 aliphatic heterocycles. The standard InChI is InChI=1S/C21H18ClN3O5/c1-2-19-18(20(26)24(23-19)16-9-5-15(22)6-10-16)12-14(21(27)28)11-13-3-7-17(8-4-13)25(29)30/h3-11,18H,2,12H2,1H3,(H,27,28)/b14-11-. The number of non-ortho nitro benzene ring substituents is 1. The second-order valence-electron chi connectivity index (χ2n) is 6.65. The fourth-order valence-electron chi connectivity index (χ4n) is 3.15. The molecular weight excluding hydrogens is 410 g/mol. The zero-order chi connectivity index (χ0) is 21.8. The smallest absolute Gasteiger partial charge is 0.331 e. The van der Waals surface area contributed by atoms with Crippen LogP contribution in [0.2, 0.25) is 5.02 Å². The summed E-state index contributed by atoms with van der Waals surface area (Å²) in [6.07, 6.45) is 1.87. The van der Waals surface area contributed by atoms with Gasteiger partial charge in [-0.1, -0.05) is 18.5 Å². The van der Waals surface area contributed by atoms with Crippen LogP contribution >= 0.6 is 11.6 Å². The van der Waals surface area contributed by atoms with Crippen LogP contribution in [0.3, 0.4) is 0 Å². The number of nitrogens with zero attached hydrogens (tertiary/aromatic N) is 3. The molecule has 1 N–H and O–H groups in total. The lowest BCUT2D eigenvalue weighted by Gasteiger charge is -2.15. The predicted octanol–water partition coefficient (Wildman–Crippen LogP) is 4.54. The van der Waals surface area contributed by atoms with Crippen molar-refractivity contribution in [3.63, 3.8) is 0 Å². The van der Waals surface area contributed by atoms with Gasteiger partial charge < -0.3 is 5.11 Å². The number of rotatable bonds is 7. The molecule has 1 heterocycles. The van der Waals surface area contributed by atoms with Gasteiger partial charge in [0, 0.05) is 22.7 Å². The Labute approximate surface area is 177 Å². The van der Waals surface area contributed by atoms with Crippen molar-refractivity contribution >= 4 is 46.6 Å². The van der Waals surface area contributed by atoms with Crippen molar-refractivity contribution in [2.75, 3.05) is 5.01 Å². The van der Waals surface area contributed by atoms with Gasteiger partial charge in [-0.2, -0.15) is 5.10 Å². The number of carbonyl (C=O) groups is 2. The van der Waals surface area contributed by atoms with Gasteiger partial charge >= 0.3 is 5.97 Å². The fraction of sp³-hybridized carbons (Fsp3) is 0.190. The van der Waals surface area contributed by atoms with Crippen LogP contribution in [-0.2, 0) is 9.59 Å². The Bertz CT molecular complexity index is 1050. The quantitative estimate of drug-likeness (QED) is 0.396. The molecule has 0 spiro atoms. The van der Waals surface area contributed by atoms with E-state index in [-0.39, 0.29) is 23.6 Å². The second kappa shape index (κ2) is 8.87. The van der Waals surface area contributed by atoms with Crippen molar-refractivity contribution in [3.05, 3.63) is 74.8 Å². The predicted molar refractivity (Wildman–Crippen MR) is 113 cm³/mol. The maximum atomic E-state index is 13.0. The van der Waals surface area contributed by atoms with Gasteiger partial charge in [0.15, 0.2) is 0 Å². The van der Waals surface area contributed by atoms with Gasteiger partial charge in [-0.15, -0.1) is 0 Å². The molecule has 1 atom stereocenters. The van der Waals surface area contributed by atoms with Crippen LogP contribution in [0.5, 0.6) is 0 Å². The number of halogens is 1. The van der Waals surface area contributed by atoms with Crippen molar-refractivity contribution in [3.8, 4) is 0 Å². The van der Waals surface area contributed by atoms with Gasteiger partial charge in [-0.05, 0) is 60.9 Å². The topological polar surface area (TPSA) is 113 Å². The normalized spacial score (nSPS) is 16.5. The van der Waals surface area contributed by atoms with E-state index in [0.29, 0.717) is 28.4 Å². The van der Waals surface area contributed by atoms with Crippen LogP contribution in [0.4, 0.5) is 11.4 Å². The van der Waals surface area contributed by atoms with E-state index in [1.54, 1.807) is 24.3 Å². The highest BCUT2D eigenvalue weighted by molar-refractivity contribution is 6.30. The van der Waals surface area contributed by atoms with Gasteiger partial charge in [0.05, 0.1) is 22.2 Å². The SMILES string of the molecule is CCC1=NN(c2ccc(Cl)cc2)C(=O)C1C/C(=C/c1ccc([N+](=O)[O-])cc1)C(=O)O. The number of carboxylic acids is 1. The Morgan fingerprint density at radius 1 is 1.23 bits per heavy atom. The van der Waals surface area contributed by atoms with Crippen molar-refractivity contribution in [2.24, 2.45) is 11.0 Å². The van der Waals surface area contributed by atoms with E-state index in [4.69, 9.17) is 11.6 Å². The van der Waals surface area contributed by atoms with Gasteiger partial charge in [0.2, 0.25) is 0 Å². The molecule has 0 saturated carbocycles. The third-order valence-electron chi connectivity index (χ3n) is 4.71. The van der Waals surface area contributed by atoms with Gasteiger partial charge in [0.1, 0.15) is 0 Å². The number of carbonyl (C=O) groups excluding carboxylic acids is 1. The molecule has 3 rings (SSSR count). The largest absolute Gasteiger partial charge is 0.478 e. The van der Waals surface area contributed by atoms with E-state index < -0.39 is 16.8 Å². The van der Waals surface area contributed by atoms with Crippen molar-refractivity contribution in [1.29, 1.82) is 0 Å². The van der Waals surface area contributed by atoms with Crippen molar-refractivity contribution in [2.45, 2.75) is 19.8 Å². The molecule has 0 saturated heterocycles. The van der Waals surface area contributed by atoms with E-state index in [9.17, 15) is 24.8 Å². The molecule has 154 valence electrons. The summed E-state index contributed by atoms with van der Waals surface area (Å²) < 4.78 is 0. The van der Waals surface area contributed by atoms with Crippen LogP contribution in [0.25, 0.3) is 6.08 Å². The zero-order valence-corrected chi connectivity index (χ0v) is 16.7. The Balaban J connectivity index is 1.86. The maximum absolute atomic E-state index is 13.0. The first-order valence-electron chi connectivity index (χ1n) is 9.15. The van der Waals surface area contributed by atoms with E-state index in [1.165, 1.54) is 35.4 Å². The third kappa shape index (κ3) is 4.55. The molecule has 0 aliphatic carbocycles. The first kappa shape index (κ1) is 21.2. The minimum absolute atomic E-state index is 0.0151. The number of amides is 1. The number of hydrogen-bond donors (Lipinski definition) is 1. The van der Waals surface area contributed by atoms with E-state index >= 15 is 0 Å². The molecular formula is C21H18ClN3O5. The average Bonchev–Trinajstić information content (AvgIpc) is 3.04. The monoisotopic (exact) mass is 427 g/mol. The summed E-state index contributed by atoms with van der Waals surface area (Å²) in [5, 5.41) is 26.6. The summed E-state index contributed by atoms with van der Waals surface area (Å²) in [5.41, 5.74) is 1.56. The summed E-state index contributed by atoms with van der Waals surface area (Å²) in [6.45, 7) is 1.85. The minimum atomic E-state index is -1.17. The molecule has 2 aromatic rings. The lowest BCUT2D eigenvalue weighted by Crippen LogP contribution is -2.28. The van der Waals surface area contributed by atoms with E-state index in [0.717, 1.165) is 0 Å². The fourth-order valence-corrected chi connectivity index (χ4v) is 3.27. The van der Waals surface area contributed by atoms with Gasteiger partial charge in [-0.3, -0.25) is 14.9 Å². The molecule has 30 heavy (non-hydrogen) atoms. The number of aliphatic carboxylic acids is 1. The lowest BCUT2D eigenvalue weighted by atomic mass is 9.92. The molecule has 0 fully saturated rings. The number of benzene rings is 2. The van der Waals surface area contributed by atoms with Crippen LogP contribution < -0.4 is 5.01 Å². The van der Waals surface area contributed by atoms with Crippen LogP contribution in [0, 0.1) is 16.0 Å². The molecule has 8 nitrogen and oxygen atoms in total. The lowest BCUT2D eigenvalue weighted by molar-refractivity contribution is -0.384. The molecule has 0 radical (unpaired) electrons. The second-order valence-corrected chi connectivity index (χ2v) is 7.09. The molecule has 1 amide bonds. The molecule has 1 aliphatic rings. The summed E-state index contributed by atoms with van der Waals surface area (Å²) in [6, 6.07) is 12.2. The summed E-state index contributed by atoms with van der Waals surface area (Å²) in [4.78, 5) is 35.0. The molecule has 1 unspecified atom stereocenters. The van der Waals surface area contributed by atoms with Crippen molar-refractivity contribution in [1.82, 2.24) is 0 Å². The third-order valence-corrected chi connectivity index (χ3v) is 4.97. The summed E-state index contributed by atoms with van der Waals surface area (Å²) >= 11 is 5.90. The molecule has 9 heteroatoms. The Morgan fingerprint density at radius 2 is 1.87 bits per heavy atom. The minimum Gasteiger partial charge on any atom is -0.478 e. The van der Waals surface area contributed by atoms with Crippen LogP contribution in [0.1, 0.15) is 25.3 Å². The average molecular weight is 428 g/mol. The summed E-state index contributed by atoms with van der Waals surface area (Å²) in [5.74, 6) is -2.18. The molecule has 0 bridgehead atoms. The zero-order valence-electron chi connectivity index (χ0n) is 16.0. The molecule has 2 aromatic carbocycles. The van der Waals surface area contributed by atoms with E-state index in [1.807, 2.05) is 6.92 Å².